The third-order valence-electron chi connectivity index (χ3n) is 6.97. The first-order valence-corrected chi connectivity index (χ1v) is 13.8. The molecule has 1 saturated heterocycles. The van der Waals surface area contributed by atoms with Gasteiger partial charge in [0.2, 0.25) is 0 Å². The Balaban J connectivity index is 1.47. The topological polar surface area (TPSA) is 49.9 Å². The van der Waals surface area contributed by atoms with Gasteiger partial charge in [-0.1, -0.05) is 54.1 Å². The zero-order valence-electron chi connectivity index (χ0n) is 20.9. The summed E-state index contributed by atoms with van der Waals surface area (Å²) >= 11 is 1.88. The summed E-state index contributed by atoms with van der Waals surface area (Å²) in [5.74, 6) is 2.66. The molecule has 0 saturated carbocycles. The Bertz CT molecular complexity index is 1240. The van der Waals surface area contributed by atoms with Gasteiger partial charge in [-0.15, -0.1) is 0 Å². The normalized spacial score (nSPS) is 18.3. The van der Waals surface area contributed by atoms with Crippen LogP contribution in [0, 0.1) is 6.92 Å². The van der Waals surface area contributed by atoms with Crippen molar-refractivity contribution in [3.8, 4) is 5.75 Å². The fourth-order valence-electron chi connectivity index (χ4n) is 5.13. The first-order chi connectivity index (χ1) is 17.5. The van der Waals surface area contributed by atoms with E-state index < -0.39 is 6.10 Å². The minimum absolute atomic E-state index is 0.0191. The minimum Gasteiger partial charge on any atom is -0.481 e. The van der Waals surface area contributed by atoms with Crippen LogP contribution in [0.15, 0.2) is 72.8 Å². The second-order valence-corrected chi connectivity index (χ2v) is 10.7. The lowest BCUT2D eigenvalue weighted by atomic mass is 9.87. The maximum absolute atomic E-state index is 13.6. The van der Waals surface area contributed by atoms with Crippen LogP contribution >= 0.6 is 11.8 Å². The van der Waals surface area contributed by atoms with Crippen LogP contribution in [0.5, 0.6) is 5.75 Å². The molecule has 0 unspecified atom stereocenters. The standard InChI is InChI=1S/C30H32N2O3S/c1-21-7-6-10-25(19-21)28-27-20-26(35-22(2)29(33)31-15-17-36-18-16-31)12-11-23(27)13-14-32(28)30(34)24-8-4-3-5-9-24/h3-12,19-20,22,28H,13-18H2,1-2H3/t22-,28-/m0/s1. The number of benzene rings is 3. The number of ether oxygens (including phenoxy) is 1. The van der Waals surface area contributed by atoms with Crippen LogP contribution in [0.2, 0.25) is 0 Å². The first kappa shape index (κ1) is 24.4. The Morgan fingerprint density at radius 3 is 2.47 bits per heavy atom. The molecule has 2 aliphatic heterocycles. The summed E-state index contributed by atoms with van der Waals surface area (Å²) in [6.07, 6.45) is 0.213. The van der Waals surface area contributed by atoms with E-state index in [0.29, 0.717) is 17.9 Å². The van der Waals surface area contributed by atoms with Crippen molar-refractivity contribution in [2.24, 2.45) is 0 Å². The fraction of sp³-hybridized carbons (Fsp3) is 0.333. The second kappa shape index (κ2) is 10.8. The smallest absolute Gasteiger partial charge is 0.263 e. The zero-order valence-corrected chi connectivity index (χ0v) is 21.7. The van der Waals surface area contributed by atoms with Crippen molar-refractivity contribution in [2.45, 2.75) is 32.4 Å². The lowest BCUT2D eigenvalue weighted by Gasteiger charge is -2.38. The van der Waals surface area contributed by atoms with Gasteiger partial charge in [0.25, 0.3) is 11.8 Å². The number of fused-ring (bicyclic) bond motifs is 1. The lowest BCUT2D eigenvalue weighted by molar-refractivity contribution is -0.137. The molecule has 36 heavy (non-hydrogen) atoms. The van der Waals surface area contributed by atoms with Crippen LogP contribution in [0.1, 0.15) is 45.6 Å². The average molecular weight is 501 g/mol. The van der Waals surface area contributed by atoms with Crippen LogP contribution in [0.3, 0.4) is 0 Å². The van der Waals surface area contributed by atoms with Gasteiger partial charge < -0.3 is 14.5 Å². The summed E-state index contributed by atoms with van der Waals surface area (Å²) in [6.45, 7) is 6.08. The molecule has 2 atom stereocenters. The molecule has 0 bridgehead atoms. The van der Waals surface area contributed by atoms with Crippen LogP contribution < -0.4 is 4.74 Å². The largest absolute Gasteiger partial charge is 0.481 e. The summed E-state index contributed by atoms with van der Waals surface area (Å²) < 4.78 is 6.18. The van der Waals surface area contributed by atoms with Crippen molar-refractivity contribution < 1.29 is 14.3 Å². The molecule has 0 spiro atoms. The Morgan fingerprint density at radius 2 is 1.72 bits per heavy atom. The molecule has 186 valence electrons. The summed E-state index contributed by atoms with van der Waals surface area (Å²) in [4.78, 5) is 30.5. The van der Waals surface area contributed by atoms with E-state index >= 15 is 0 Å². The highest BCUT2D eigenvalue weighted by atomic mass is 32.2. The molecule has 0 aromatic heterocycles. The minimum atomic E-state index is -0.561. The Hall–Kier alpha value is -3.25. The number of nitrogens with zero attached hydrogens (tertiary/aromatic N) is 2. The van der Waals surface area contributed by atoms with Gasteiger partial charge in [0.1, 0.15) is 5.75 Å². The molecule has 0 radical (unpaired) electrons. The van der Waals surface area contributed by atoms with Gasteiger partial charge in [-0.3, -0.25) is 9.59 Å². The van der Waals surface area contributed by atoms with Crippen molar-refractivity contribution in [2.75, 3.05) is 31.1 Å². The van der Waals surface area contributed by atoms with Crippen LogP contribution in [-0.2, 0) is 11.2 Å². The van der Waals surface area contributed by atoms with Gasteiger partial charge in [0, 0.05) is 36.7 Å². The van der Waals surface area contributed by atoms with Gasteiger partial charge >= 0.3 is 0 Å². The molecule has 0 N–H and O–H groups in total. The van der Waals surface area contributed by atoms with Crippen molar-refractivity contribution in [1.82, 2.24) is 9.80 Å². The summed E-state index contributed by atoms with van der Waals surface area (Å²) in [7, 11) is 0. The van der Waals surface area contributed by atoms with Crippen LogP contribution in [0.25, 0.3) is 0 Å². The Morgan fingerprint density at radius 1 is 0.944 bits per heavy atom. The highest BCUT2D eigenvalue weighted by Crippen LogP contribution is 2.38. The number of hydrogen-bond acceptors (Lipinski definition) is 4. The van der Waals surface area contributed by atoms with E-state index in [1.165, 1.54) is 5.56 Å². The third kappa shape index (κ3) is 5.14. The monoisotopic (exact) mass is 500 g/mol. The third-order valence-corrected chi connectivity index (χ3v) is 7.91. The van der Waals surface area contributed by atoms with Gasteiger partial charge in [-0.25, -0.2) is 0 Å². The Kier molecular flexibility index (Phi) is 7.33. The predicted molar refractivity (Wildman–Crippen MR) is 145 cm³/mol. The summed E-state index contributed by atoms with van der Waals surface area (Å²) in [5, 5.41) is 0. The van der Waals surface area contributed by atoms with Crippen LogP contribution in [0.4, 0.5) is 0 Å². The highest BCUT2D eigenvalue weighted by molar-refractivity contribution is 7.99. The number of amides is 2. The number of rotatable bonds is 5. The van der Waals surface area contributed by atoms with Crippen molar-refractivity contribution in [3.05, 3.63) is 101 Å². The SMILES string of the molecule is Cc1cccc([C@H]2c3cc(O[C@@H](C)C(=O)N4CCSCC4)ccc3CCN2C(=O)c2ccccc2)c1. The summed E-state index contributed by atoms with van der Waals surface area (Å²) in [5.41, 5.74) is 5.18. The molecule has 2 aliphatic rings. The molecule has 3 aromatic carbocycles. The number of carbonyl (C=O) groups is 2. The molecular weight excluding hydrogens is 468 g/mol. The van der Waals surface area contributed by atoms with Gasteiger partial charge in [0.15, 0.2) is 6.10 Å². The molecule has 5 nitrogen and oxygen atoms in total. The van der Waals surface area contributed by atoms with Gasteiger partial charge in [-0.2, -0.15) is 11.8 Å². The second-order valence-electron chi connectivity index (χ2n) is 9.49. The Labute approximate surface area is 217 Å². The molecule has 0 aliphatic carbocycles. The van der Waals surface area contributed by atoms with E-state index in [1.54, 1.807) is 0 Å². The average Bonchev–Trinajstić information content (AvgIpc) is 2.92. The number of aryl methyl sites for hydroxylation is 1. The van der Waals surface area contributed by atoms with Gasteiger partial charge in [0.05, 0.1) is 6.04 Å². The maximum atomic E-state index is 13.6. The fourth-order valence-corrected chi connectivity index (χ4v) is 6.03. The van der Waals surface area contributed by atoms with E-state index in [4.69, 9.17) is 4.74 Å². The van der Waals surface area contributed by atoms with E-state index in [2.05, 4.69) is 31.2 Å². The van der Waals surface area contributed by atoms with E-state index in [9.17, 15) is 9.59 Å². The molecular formula is C30H32N2O3S. The molecule has 5 rings (SSSR count). The zero-order chi connectivity index (χ0) is 25.1. The van der Waals surface area contributed by atoms with Crippen molar-refractivity contribution in [1.29, 1.82) is 0 Å². The van der Waals surface area contributed by atoms with Crippen LogP contribution in [-0.4, -0.2) is 58.9 Å². The molecule has 1 fully saturated rings. The highest BCUT2D eigenvalue weighted by Gasteiger charge is 2.33. The lowest BCUT2D eigenvalue weighted by Crippen LogP contribution is -2.44. The number of thioether (sulfide) groups is 1. The maximum Gasteiger partial charge on any atom is 0.263 e. The molecule has 2 amide bonds. The predicted octanol–water partition coefficient (Wildman–Crippen LogP) is 5.13. The van der Waals surface area contributed by atoms with Crippen molar-refractivity contribution in [3.63, 3.8) is 0 Å². The summed E-state index contributed by atoms with van der Waals surface area (Å²) in [6, 6.07) is 23.7. The quantitative estimate of drug-likeness (QED) is 0.488. The number of carbonyl (C=O) groups excluding carboxylic acids is 2. The van der Waals surface area contributed by atoms with E-state index in [0.717, 1.165) is 47.7 Å². The molecule has 2 heterocycles. The van der Waals surface area contributed by atoms with Crippen molar-refractivity contribution >= 4 is 23.6 Å². The first-order valence-electron chi connectivity index (χ1n) is 12.6. The van der Waals surface area contributed by atoms with E-state index in [-0.39, 0.29) is 17.9 Å². The molecule has 3 aromatic rings. The van der Waals surface area contributed by atoms with E-state index in [1.807, 2.05) is 77.0 Å². The number of hydrogen-bond donors (Lipinski definition) is 0. The van der Waals surface area contributed by atoms with Gasteiger partial charge in [-0.05, 0) is 61.2 Å². The molecule has 6 heteroatoms.